The zero-order chi connectivity index (χ0) is 26.5. The number of rotatable bonds is 3. The van der Waals surface area contributed by atoms with Crippen molar-refractivity contribution in [1.82, 2.24) is 14.5 Å². The third-order valence-electron chi connectivity index (χ3n) is 7.61. The van der Waals surface area contributed by atoms with Crippen LogP contribution in [0.3, 0.4) is 0 Å². The predicted molar refractivity (Wildman–Crippen MR) is 163 cm³/mol. The molecule has 188 valence electrons. The lowest BCUT2D eigenvalue weighted by molar-refractivity contribution is 1.08. The van der Waals surface area contributed by atoms with E-state index in [4.69, 9.17) is 4.98 Å². The van der Waals surface area contributed by atoms with Gasteiger partial charge in [-0.15, -0.1) is 0 Å². The lowest BCUT2D eigenvalue weighted by Crippen LogP contribution is -2.10. The number of imidazole rings is 1. The molecule has 0 spiro atoms. The summed E-state index contributed by atoms with van der Waals surface area (Å²) in [6.07, 6.45) is 1.82. The van der Waals surface area contributed by atoms with E-state index in [-0.39, 0.29) is 0 Å². The van der Waals surface area contributed by atoms with Crippen LogP contribution in [-0.2, 0) is 0 Å². The molecule has 0 aliphatic carbocycles. The second kappa shape index (κ2) is 9.07. The number of anilines is 3. The highest BCUT2D eigenvalue weighted by molar-refractivity contribution is 6.02. The molecule has 0 bridgehead atoms. The van der Waals surface area contributed by atoms with Gasteiger partial charge in [-0.2, -0.15) is 0 Å². The van der Waals surface area contributed by atoms with Crippen molar-refractivity contribution in [3.8, 4) is 39.3 Å². The Labute approximate surface area is 232 Å². The molecule has 0 radical (unpaired) electrons. The minimum absolute atomic E-state index is 0.848. The van der Waals surface area contributed by atoms with Gasteiger partial charge in [-0.05, 0) is 71.8 Å². The van der Waals surface area contributed by atoms with Crippen LogP contribution < -0.4 is 4.90 Å². The monoisotopic (exact) mass is 512 g/mol. The van der Waals surface area contributed by atoms with E-state index in [1.54, 1.807) is 0 Å². The van der Waals surface area contributed by atoms with Gasteiger partial charge in [0.2, 0.25) is 0 Å². The first-order valence-electron chi connectivity index (χ1n) is 13.4. The van der Waals surface area contributed by atoms with Crippen LogP contribution in [0.4, 0.5) is 17.1 Å². The molecule has 8 rings (SSSR count). The molecule has 1 aliphatic heterocycles. The minimum atomic E-state index is 0.848. The van der Waals surface area contributed by atoms with Gasteiger partial charge in [0, 0.05) is 34.3 Å². The van der Waals surface area contributed by atoms with Crippen LogP contribution in [0.1, 0.15) is 0 Å². The molecule has 0 saturated carbocycles. The van der Waals surface area contributed by atoms with Crippen molar-refractivity contribution in [1.29, 1.82) is 0 Å². The maximum Gasteiger partial charge on any atom is 0.164 e. The van der Waals surface area contributed by atoms with Gasteiger partial charge in [-0.1, -0.05) is 78.9 Å². The third kappa shape index (κ3) is 3.47. The summed E-state index contributed by atoms with van der Waals surface area (Å²) in [5.41, 5.74) is 12.1. The third-order valence-corrected chi connectivity index (χ3v) is 7.61. The van der Waals surface area contributed by atoms with Crippen molar-refractivity contribution in [2.45, 2.75) is 0 Å². The predicted octanol–water partition coefficient (Wildman–Crippen LogP) is 9.20. The molecule has 2 aromatic heterocycles. The number of nitrogens with zero attached hydrogens (tertiary/aromatic N) is 4. The Kier molecular flexibility index (Phi) is 5.10. The fourth-order valence-electron chi connectivity index (χ4n) is 5.84. The number of hydrogen-bond donors (Lipinski definition) is 0. The first-order valence-corrected chi connectivity index (χ1v) is 13.4. The summed E-state index contributed by atoms with van der Waals surface area (Å²) in [4.78, 5) is 12.0. The average molecular weight is 513 g/mol. The van der Waals surface area contributed by atoms with Gasteiger partial charge in [0.1, 0.15) is 11.3 Å². The molecule has 0 unspecified atom stereocenters. The SMILES string of the molecule is c1ccc(-n2c(-c3ccc(N4c5ccccc5-c5ccccc5-c5ccccc54)cc3)nc3cccnc32)cc1. The maximum absolute atomic E-state index is 5.00. The Bertz CT molecular complexity index is 1940. The molecule has 5 aromatic carbocycles. The number of fused-ring (bicyclic) bond motifs is 6. The highest BCUT2D eigenvalue weighted by atomic mass is 15.2. The van der Waals surface area contributed by atoms with E-state index in [1.165, 1.54) is 22.3 Å². The molecular weight excluding hydrogens is 488 g/mol. The van der Waals surface area contributed by atoms with Crippen LogP contribution in [-0.4, -0.2) is 14.5 Å². The number of hydrogen-bond acceptors (Lipinski definition) is 3. The molecule has 1 aliphatic rings. The molecule has 3 heterocycles. The number of benzene rings is 5. The van der Waals surface area contributed by atoms with Gasteiger partial charge < -0.3 is 4.90 Å². The van der Waals surface area contributed by atoms with Crippen LogP contribution in [0.5, 0.6) is 0 Å². The molecule has 0 fully saturated rings. The van der Waals surface area contributed by atoms with Crippen LogP contribution >= 0.6 is 0 Å². The zero-order valence-corrected chi connectivity index (χ0v) is 21.6. The van der Waals surface area contributed by atoms with E-state index < -0.39 is 0 Å². The Morgan fingerprint density at radius 2 is 1.02 bits per heavy atom. The highest BCUT2D eigenvalue weighted by Crippen LogP contribution is 2.50. The molecule has 4 nitrogen and oxygen atoms in total. The Hall–Kier alpha value is -5.48. The van der Waals surface area contributed by atoms with E-state index in [2.05, 4.69) is 124 Å². The van der Waals surface area contributed by atoms with Crippen molar-refractivity contribution in [2.75, 3.05) is 4.90 Å². The summed E-state index contributed by atoms with van der Waals surface area (Å²) < 4.78 is 2.14. The van der Waals surface area contributed by atoms with Crippen molar-refractivity contribution in [2.24, 2.45) is 0 Å². The van der Waals surface area contributed by atoms with Gasteiger partial charge >= 0.3 is 0 Å². The van der Waals surface area contributed by atoms with E-state index in [0.717, 1.165) is 45.3 Å². The van der Waals surface area contributed by atoms with Crippen LogP contribution in [0, 0.1) is 0 Å². The lowest BCUT2D eigenvalue weighted by atomic mass is 9.95. The van der Waals surface area contributed by atoms with Gasteiger partial charge in [0.15, 0.2) is 5.65 Å². The minimum Gasteiger partial charge on any atom is -0.309 e. The topological polar surface area (TPSA) is 34.0 Å². The Morgan fingerprint density at radius 1 is 0.450 bits per heavy atom. The molecule has 40 heavy (non-hydrogen) atoms. The summed E-state index contributed by atoms with van der Waals surface area (Å²) in [6.45, 7) is 0. The fraction of sp³-hybridized carbons (Fsp3) is 0. The van der Waals surface area contributed by atoms with Gasteiger partial charge in [0.05, 0.1) is 11.4 Å². The standard InChI is InChI=1S/C36H24N4/c1-2-11-26(12-3-1)40-35(38-32-17-10-24-37-36(32)40)25-20-22-27(23-21-25)39-33-18-8-6-15-30(33)28-13-4-5-14-29(28)31-16-7-9-19-34(31)39/h1-24H. The van der Waals surface area contributed by atoms with Crippen molar-refractivity contribution < 1.29 is 0 Å². The first kappa shape index (κ1) is 22.5. The summed E-state index contributed by atoms with van der Waals surface area (Å²) in [7, 11) is 0. The van der Waals surface area contributed by atoms with Gasteiger partial charge in [-0.25, -0.2) is 9.97 Å². The van der Waals surface area contributed by atoms with E-state index in [9.17, 15) is 0 Å². The summed E-state index contributed by atoms with van der Waals surface area (Å²) in [5, 5.41) is 0. The van der Waals surface area contributed by atoms with Crippen LogP contribution in [0.2, 0.25) is 0 Å². The molecule has 0 saturated heterocycles. The second-order valence-corrected chi connectivity index (χ2v) is 9.91. The number of aromatic nitrogens is 3. The fourth-order valence-corrected chi connectivity index (χ4v) is 5.84. The quantitative estimate of drug-likeness (QED) is 0.237. The smallest absolute Gasteiger partial charge is 0.164 e. The second-order valence-electron chi connectivity index (χ2n) is 9.91. The van der Waals surface area contributed by atoms with E-state index >= 15 is 0 Å². The zero-order valence-electron chi connectivity index (χ0n) is 21.6. The summed E-state index contributed by atoms with van der Waals surface area (Å²) >= 11 is 0. The summed E-state index contributed by atoms with van der Waals surface area (Å²) in [5.74, 6) is 0.871. The molecule has 0 atom stereocenters. The normalized spacial score (nSPS) is 11.9. The lowest BCUT2D eigenvalue weighted by Gasteiger charge is -2.27. The maximum atomic E-state index is 5.00. The van der Waals surface area contributed by atoms with Crippen molar-refractivity contribution in [3.05, 3.63) is 146 Å². The van der Waals surface area contributed by atoms with Gasteiger partial charge in [0.25, 0.3) is 0 Å². The molecule has 0 N–H and O–H groups in total. The number of pyridine rings is 1. The van der Waals surface area contributed by atoms with E-state index in [1.807, 2.05) is 36.5 Å². The highest BCUT2D eigenvalue weighted by Gasteiger charge is 2.25. The molecule has 4 heteroatoms. The Balaban J connectivity index is 1.31. The Morgan fingerprint density at radius 3 is 1.68 bits per heavy atom. The number of para-hydroxylation sites is 3. The van der Waals surface area contributed by atoms with Crippen molar-refractivity contribution in [3.63, 3.8) is 0 Å². The van der Waals surface area contributed by atoms with Crippen molar-refractivity contribution >= 4 is 28.2 Å². The molecular formula is C36H24N4. The van der Waals surface area contributed by atoms with Crippen LogP contribution in [0.25, 0.3) is 50.5 Å². The van der Waals surface area contributed by atoms with Gasteiger partial charge in [-0.3, -0.25) is 4.57 Å². The van der Waals surface area contributed by atoms with E-state index in [0.29, 0.717) is 0 Å². The molecule has 7 aromatic rings. The largest absolute Gasteiger partial charge is 0.309 e. The molecule has 0 amide bonds. The summed E-state index contributed by atoms with van der Waals surface area (Å²) in [6, 6.07) is 49.0. The average Bonchev–Trinajstić information content (AvgIpc) is 3.37. The van der Waals surface area contributed by atoms with Crippen LogP contribution in [0.15, 0.2) is 146 Å². The first-order chi connectivity index (χ1) is 19.9.